The third-order valence-electron chi connectivity index (χ3n) is 1.91. The van der Waals surface area contributed by atoms with Crippen LogP contribution in [-0.4, -0.2) is 20.1 Å². The van der Waals surface area contributed by atoms with E-state index in [9.17, 15) is 8.42 Å². The predicted octanol–water partition coefficient (Wildman–Crippen LogP) is 1.50. The summed E-state index contributed by atoms with van der Waals surface area (Å²) in [4.78, 5) is -0.181. The lowest BCUT2D eigenvalue weighted by Crippen LogP contribution is -2.02. The third kappa shape index (κ3) is 2.24. The van der Waals surface area contributed by atoms with Crippen molar-refractivity contribution in [3.8, 4) is 5.75 Å². The van der Waals surface area contributed by atoms with Crippen molar-refractivity contribution in [3.63, 3.8) is 0 Å². The number of hydrogen-bond acceptors (Lipinski definition) is 3. The van der Waals surface area contributed by atoms with Crippen LogP contribution in [0.4, 0.5) is 0 Å². The quantitative estimate of drug-likeness (QED) is 0.778. The van der Waals surface area contributed by atoms with E-state index in [1.54, 1.807) is 6.07 Å². The van der Waals surface area contributed by atoms with Crippen LogP contribution >= 0.6 is 0 Å². The van der Waals surface area contributed by atoms with Gasteiger partial charge in [0.25, 0.3) is 10.1 Å². The maximum absolute atomic E-state index is 11.0. The molecule has 0 atom stereocenters. The average Bonchev–Trinajstić information content (AvgIpc) is 2.15. The highest BCUT2D eigenvalue weighted by Gasteiger charge is 2.16. The van der Waals surface area contributed by atoms with Crippen LogP contribution in [0.25, 0.3) is 0 Å². The van der Waals surface area contributed by atoms with Gasteiger partial charge in [0.05, 0.1) is 7.11 Å². The van der Waals surface area contributed by atoms with Crippen molar-refractivity contribution >= 4 is 10.1 Å². The van der Waals surface area contributed by atoms with Gasteiger partial charge >= 0.3 is 0 Å². The van der Waals surface area contributed by atoms with Crippen LogP contribution in [0.1, 0.15) is 12.5 Å². The van der Waals surface area contributed by atoms with E-state index in [2.05, 4.69) is 0 Å². The van der Waals surface area contributed by atoms with Gasteiger partial charge in [-0.25, -0.2) is 0 Å². The smallest absolute Gasteiger partial charge is 0.298 e. The van der Waals surface area contributed by atoms with E-state index in [0.29, 0.717) is 6.42 Å². The highest BCUT2D eigenvalue weighted by Crippen LogP contribution is 2.24. The largest absolute Gasteiger partial charge is 0.495 e. The molecule has 0 fully saturated rings. The fourth-order valence-corrected chi connectivity index (χ4v) is 1.85. The summed E-state index contributed by atoms with van der Waals surface area (Å²) in [6, 6.07) is 4.70. The maximum Gasteiger partial charge on any atom is 0.298 e. The first-order chi connectivity index (χ1) is 6.49. The summed E-state index contributed by atoms with van der Waals surface area (Å²) in [6.45, 7) is 1.90. The van der Waals surface area contributed by atoms with Crippen LogP contribution in [0.2, 0.25) is 0 Å². The zero-order chi connectivity index (χ0) is 10.8. The Bertz CT molecular complexity index is 422. The molecule has 0 bridgehead atoms. The summed E-state index contributed by atoms with van der Waals surface area (Å²) in [7, 11) is -2.85. The lowest BCUT2D eigenvalue weighted by molar-refractivity contribution is 0.397. The molecular formula is C9H12O4S. The number of aryl methyl sites for hydroxylation is 1. The Labute approximate surface area is 83.3 Å². The Hall–Kier alpha value is -1.07. The van der Waals surface area contributed by atoms with E-state index in [0.717, 1.165) is 5.56 Å². The second kappa shape index (κ2) is 3.98. The summed E-state index contributed by atoms with van der Waals surface area (Å²) < 4.78 is 35.7. The van der Waals surface area contributed by atoms with E-state index in [1.807, 2.05) is 6.92 Å². The maximum atomic E-state index is 11.0. The van der Waals surface area contributed by atoms with Gasteiger partial charge in [0, 0.05) is 0 Å². The molecule has 1 aromatic carbocycles. The van der Waals surface area contributed by atoms with E-state index in [-0.39, 0.29) is 10.6 Å². The van der Waals surface area contributed by atoms with Crippen molar-refractivity contribution in [1.29, 1.82) is 0 Å². The summed E-state index contributed by atoms with van der Waals surface area (Å²) in [6.07, 6.45) is 0.701. The molecule has 0 aliphatic carbocycles. The van der Waals surface area contributed by atoms with Gasteiger partial charge in [0.15, 0.2) is 0 Å². The Morgan fingerprint density at radius 2 is 2.07 bits per heavy atom. The van der Waals surface area contributed by atoms with Crippen molar-refractivity contribution in [3.05, 3.63) is 23.8 Å². The number of ether oxygens (including phenoxy) is 1. The molecule has 0 saturated carbocycles. The molecule has 5 heteroatoms. The van der Waals surface area contributed by atoms with Gasteiger partial charge in [0.2, 0.25) is 0 Å². The predicted molar refractivity (Wildman–Crippen MR) is 52.2 cm³/mol. The van der Waals surface area contributed by atoms with E-state index >= 15 is 0 Å². The molecule has 0 radical (unpaired) electrons. The fourth-order valence-electron chi connectivity index (χ4n) is 1.14. The summed E-state index contributed by atoms with van der Waals surface area (Å²) in [5.74, 6) is 0.157. The van der Waals surface area contributed by atoms with Crippen molar-refractivity contribution < 1.29 is 17.7 Å². The van der Waals surface area contributed by atoms with Crippen LogP contribution < -0.4 is 4.74 Å². The highest BCUT2D eigenvalue weighted by molar-refractivity contribution is 7.86. The van der Waals surface area contributed by atoms with Gasteiger partial charge in [-0.2, -0.15) is 8.42 Å². The summed E-state index contributed by atoms with van der Waals surface area (Å²) in [5.41, 5.74) is 0.832. The molecule has 0 aliphatic heterocycles. The molecule has 0 saturated heterocycles. The van der Waals surface area contributed by atoms with Gasteiger partial charge < -0.3 is 4.74 Å². The van der Waals surface area contributed by atoms with Gasteiger partial charge in [-0.1, -0.05) is 13.0 Å². The molecular weight excluding hydrogens is 204 g/mol. The second-order valence-corrected chi connectivity index (χ2v) is 4.20. The molecule has 1 rings (SSSR count). The van der Waals surface area contributed by atoms with Crippen LogP contribution in [0.3, 0.4) is 0 Å². The van der Waals surface area contributed by atoms with E-state index in [4.69, 9.17) is 9.29 Å². The summed E-state index contributed by atoms with van der Waals surface area (Å²) >= 11 is 0. The van der Waals surface area contributed by atoms with E-state index in [1.165, 1.54) is 19.2 Å². The second-order valence-electron chi connectivity index (χ2n) is 2.81. The first kappa shape index (κ1) is 11.0. The first-order valence-electron chi connectivity index (χ1n) is 4.13. The number of benzene rings is 1. The third-order valence-corrected chi connectivity index (χ3v) is 2.79. The van der Waals surface area contributed by atoms with Gasteiger partial charge in [0.1, 0.15) is 10.6 Å². The summed E-state index contributed by atoms with van der Waals surface area (Å²) in [5, 5.41) is 0. The molecule has 0 aromatic heterocycles. The van der Waals surface area contributed by atoms with Crippen molar-refractivity contribution in [1.82, 2.24) is 0 Å². The Morgan fingerprint density at radius 3 is 2.50 bits per heavy atom. The minimum atomic E-state index is -4.20. The van der Waals surface area contributed by atoms with Crippen molar-refractivity contribution in [2.45, 2.75) is 18.2 Å². The normalized spacial score (nSPS) is 11.4. The molecule has 0 amide bonds. The number of methoxy groups -OCH3 is 1. The van der Waals surface area contributed by atoms with Crippen LogP contribution in [0.5, 0.6) is 5.75 Å². The van der Waals surface area contributed by atoms with Crippen LogP contribution in [-0.2, 0) is 16.5 Å². The molecule has 0 aliphatic rings. The molecule has 0 unspecified atom stereocenters. The van der Waals surface area contributed by atoms with Gasteiger partial charge in [-0.3, -0.25) is 4.55 Å². The minimum Gasteiger partial charge on any atom is -0.495 e. The van der Waals surface area contributed by atoms with Crippen LogP contribution in [0, 0.1) is 0 Å². The van der Waals surface area contributed by atoms with Crippen molar-refractivity contribution in [2.75, 3.05) is 7.11 Å². The van der Waals surface area contributed by atoms with Gasteiger partial charge in [-0.15, -0.1) is 0 Å². The standard InChI is InChI=1S/C9H12O4S/c1-3-7-4-5-8(13-2)9(6-7)14(10,11)12/h4-6H,3H2,1-2H3,(H,10,11,12). The van der Waals surface area contributed by atoms with Crippen molar-refractivity contribution in [2.24, 2.45) is 0 Å². The molecule has 78 valence electrons. The Kier molecular flexibility index (Phi) is 3.13. The molecule has 0 heterocycles. The van der Waals surface area contributed by atoms with E-state index < -0.39 is 10.1 Å². The topological polar surface area (TPSA) is 63.6 Å². The monoisotopic (exact) mass is 216 g/mol. The molecule has 4 nitrogen and oxygen atoms in total. The molecule has 1 N–H and O–H groups in total. The molecule has 0 spiro atoms. The Morgan fingerprint density at radius 1 is 1.43 bits per heavy atom. The molecule has 14 heavy (non-hydrogen) atoms. The SMILES string of the molecule is CCc1ccc(OC)c(S(=O)(=O)O)c1. The minimum absolute atomic E-state index is 0.157. The lowest BCUT2D eigenvalue weighted by atomic mass is 10.2. The Balaban J connectivity index is 3.37. The van der Waals surface area contributed by atoms with Crippen LogP contribution in [0.15, 0.2) is 23.1 Å². The van der Waals surface area contributed by atoms with Gasteiger partial charge in [-0.05, 0) is 24.1 Å². The zero-order valence-corrected chi connectivity index (χ0v) is 8.84. The first-order valence-corrected chi connectivity index (χ1v) is 5.57. The number of rotatable bonds is 3. The average molecular weight is 216 g/mol. The number of hydrogen-bond donors (Lipinski definition) is 1. The fraction of sp³-hybridized carbons (Fsp3) is 0.333. The highest BCUT2D eigenvalue weighted by atomic mass is 32.2. The molecule has 1 aromatic rings. The lowest BCUT2D eigenvalue weighted by Gasteiger charge is -2.07. The zero-order valence-electron chi connectivity index (χ0n) is 8.02.